The Hall–Kier alpha value is -7.89. The molecule has 0 spiro atoms. The highest BCUT2D eigenvalue weighted by Gasteiger charge is 2.23. The van der Waals surface area contributed by atoms with Crippen LogP contribution >= 0.6 is 0 Å². The molecule has 12 aromatic rings. The predicted molar refractivity (Wildman–Crippen MR) is 238 cm³/mol. The topological polar surface area (TPSA) is 56.7 Å². The highest BCUT2D eigenvalue weighted by atomic mass is 16.3. The van der Waals surface area contributed by atoms with Crippen LogP contribution in [-0.4, -0.2) is 19.5 Å². The molecule has 3 heterocycles. The molecule has 0 saturated heterocycles. The van der Waals surface area contributed by atoms with Crippen molar-refractivity contribution in [3.8, 4) is 51.0 Å². The molecule has 0 aliphatic rings. The molecule has 0 bridgehead atoms. The third-order valence-corrected chi connectivity index (χ3v) is 11.1. The van der Waals surface area contributed by atoms with Crippen molar-refractivity contribution in [3.63, 3.8) is 0 Å². The molecule has 0 N–H and O–H groups in total. The largest absolute Gasteiger partial charge is 0.455 e. The van der Waals surface area contributed by atoms with Crippen LogP contribution < -0.4 is 0 Å². The van der Waals surface area contributed by atoms with Crippen LogP contribution in [0.15, 0.2) is 198 Å². The average Bonchev–Trinajstić information content (AvgIpc) is 3.88. The average molecular weight is 746 g/mol. The first-order valence-electron chi connectivity index (χ1n) is 21.6. The predicted octanol–water partition coefficient (Wildman–Crippen LogP) is 13.8. The number of nitrogens with zero attached hydrogens (tertiary/aromatic N) is 4. The van der Waals surface area contributed by atoms with Crippen molar-refractivity contribution in [2.45, 2.75) is 0 Å². The zero-order chi connectivity index (χ0) is 42.5. The van der Waals surface area contributed by atoms with Crippen molar-refractivity contribution in [2.24, 2.45) is 0 Å². The summed E-state index contributed by atoms with van der Waals surface area (Å²) in [5, 5.41) is 7.88. The SMILES string of the molecule is [2H]c1c([2H])c([2H])c(-c2nc(-c3cc4ccccc4c4ccccc34)nc(-c3cc(-n4c5ccccc5c5ccccc54)cc4c3oc3cccc(-c5ccccc5)c34)n2)c([2H])c1[2H]. The fraction of sp³-hybridized carbons (Fsp3) is 0. The van der Waals surface area contributed by atoms with E-state index in [1.165, 1.54) is 0 Å². The van der Waals surface area contributed by atoms with Gasteiger partial charge in [0.2, 0.25) is 0 Å². The summed E-state index contributed by atoms with van der Waals surface area (Å²) in [5.74, 6) is 0.438. The summed E-state index contributed by atoms with van der Waals surface area (Å²) >= 11 is 0. The molecule has 0 amide bonds. The normalized spacial score (nSPS) is 13.0. The number of rotatable bonds is 5. The minimum Gasteiger partial charge on any atom is -0.455 e. The van der Waals surface area contributed by atoms with E-state index in [0.29, 0.717) is 22.3 Å². The van der Waals surface area contributed by atoms with Crippen LogP contribution in [0, 0.1) is 0 Å². The Balaban J connectivity index is 1.24. The molecular weight excluding hydrogens is 709 g/mol. The lowest BCUT2D eigenvalue weighted by atomic mass is 9.96. The first kappa shape index (κ1) is 27.7. The van der Waals surface area contributed by atoms with Crippen LogP contribution in [-0.2, 0) is 0 Å². The molecule has 0 radical (unpaired) electrons. The van der Waals surface area contributed by atoms with Gasteiger partial charge >= 0.3 is 0 Å². The standard InChI is InChI=1S/C53H32N4O/c1-3-16-33(17-4-1)38-26-15-29-48-49(38)44-31-36(57-46-27-13-11-24-41(46)42-25-12-14-28-47(42)57)32-45(50(44)58-48)53-55-51(34-18-5-2-6-19-34)54-52(56-53)43-30-35-20-7-8-21-37(35)39-22-9-10-23-40(39)43/h1-32H/i2D,5D,6D,18D,19D. The minimum absolute atomic E-state index is 0.0549. The lowest BCUT2D eigenvalue weighted by Crippen LogP contribution is -2.02. The van der Waals surface area contributed by atoms with E-state index in [1.54, 1.807) is 0 Å². The molecule has 0 atom stereocenters. The van der Waals surface area contributed by atoms with Gasteiger partial charge in [0.1, 0.15) is 11.2 Å². The Kier molecular flexibility index (Phi) is 6.12. The van der Waals surface area contributed by atoms with Gasteiger partial charge in [-0.1, -0.05) is 158 Å². The zero-order valence-electron chi connectivity index (χ0n) is 35.8. The molecule has 0 saturated carbocycles. The first-order chi connectivity index (χ1) is 30.8. The van der Waals surface area contributed by atoms with Gasteiger partial charge in [-0.3, -0.25) is 0 Å². The number of para-hydroxylation sites is 2. The Morgan fingerprint density at radius 3 is 1.81 bits per heavy atom. The van der Waals surface area contributed by atoms with Gasteiger partial charge in [0.05, 0.1) is 23.5 Å². The summed E-state index contributed by atoms with van der Waals surface area (Å²) in [6.07, 6.45) is 0. The summed E-state index contributed by atoms with van der Waals surface area (Å²) in [5.41, 5.74) is 7.22. The molecule has 0 fully saturated rings. The van der Waals surface area contributed by atoms with Gasteiger partial charge in [-0.2, -0.15) is 0 Å². The van der Waals surface area contributed by atoms with Gasteiger partial charge in [0.25, 0.3) is 0 Å². The molecule has 12 rings (SSSR count). The van der Waals surface area contributed by atoms with Crippen molar-refractivity contribution < 1.29 is 11.3 Å². The van der Waals surface area contributed by atoms with Crippen molar-refractivity contribution in [3.05, 3.63) is 194 Å². The monoisotopic (exact) mass is 745 g/mol. The first-order valence-corrected chi connectivity index (χ1v) is 19.1. The number of fused-ring (bicyclic) bond motifs is 9. The van der Waals surface area contributed by atoms with Crippen LogP contribution in [0.4, 0.5) is 0 Å². The van der Waals surface area contributed by atoms with Crippen molar-refractivity contribution in [1.29, 1.82) is 0 Å². The second kappa shape index (κ2) is 12.8. The Bertz CT molecular complexity index is 3800. The van der Waals surface area contributed by atoms with Gasteiger partial charge < -0.3 is 8.98 Å². The van der Waals surface area contributed by atoms with Gasteiger partial charge in [-0.25, -0.2) is 15.0 Å². The van der Waals surface area contributed by atoms with Crippen molar-refractivity contribution >= 4 is 65.3 Å². The van der Waals surface area contributed by atoms with Crippen LogP contribution in [0.5, 0.6) is 0 Å². The van der Waals surface area contributed by atoms with Gasteiger partial charge in [-0.05, 0) is 69.1 Å². The Morgan fingerprint density at radius 1 is 0.431 bits per heavy atom. The molecule has 0 unspecified atom stereocenters. The smallest absolute Gasteiger partial charge is 0.167 e. The Morgan fingerprint density at radius 2 is 1.05 bits per heavy atom. The summed E-state index contributed by atoms with van der Waals surface area (Å²) in [6.45, 7) is 0. The van der Waals surface area contributed by atoms with E-state index in [2.05, 4.69) is 65.2 Å². The van der Waals surface area contributed by atoms with Crippen LogP contribution in [0.2, 0.25) is 0 Å². The summed E-state index contributed by atoms with van der Waals surface area (Å²) < 4.78 is 52.9. The fourth-order valence-corrected chi connectivity index (χ4v) is 8.60. The maximum Gasteiger partial charge on any atom is 0.167 e. The highest BCUT2D eigenvalue weighted by Crippen LogP contribution is 2.44. The summed E-state index contributed by atoms with van der Waals surface area (Å²) in [6, 6.07) is 53.1. The zero-order valence-corrected chi connectivity index (χ0v) is 30.8. The molecule has 270 valence electrons. The molecule has 58 heavy (non-hydrogen) atoms. The highest BCUT2D eigenvalue weighted by molar-refractivity contribution is 6.17. The van der Waals surface area contributed by atoms with E-state index < -0.39 is 30.2 Å². The summed E-state index contributed by atoms with van der Waals surface area (Å²) in [4.78, 5) is 15.3. The number of hydrogen-bond donors (Lipinski definition) is 0. The molecule has 0 aliphatic heterocycles. The second-order valence-electron chi connectivity index (χ2n) is 14.4. The third-order valence-electron chi connectivity index (χ3n) is 11.1. The molecule has 9 aromatic carbocycles. The van der Waals surface area contributed by atoms with E-state index in [9.17, 15) is 0 Å². The molecule has 5 heteroatoms. The van der Waals surface area contributed by atoms with Gasteiger partial charge in [0, 0.05) is 38.4 Å². The Labute approximate surface area is 340 Å². The van der Waals surface area contributed by atoms with Crippen LogP contribution in [0.25, 0.3) is 116 Å². The van der Waals surface area contributed by atoms with E-state index in [1.807, 2.05) is 103 Å². The van der Waals surface area contributed by atoms with Crippen LogP contribution in [0.3, 0.4) is 0 Å². The summed E-state index contributed by atoms with van der Waals surface area (Å²) in [7, 11) is 0. The van der Waals surface area contributed by atoms with Gasteiger partial charge in [0.15, 0.2) is 17.5 Å². The fourth-order valence-electron chi connectivity index (χ4n) is 8.60. The van der Waals surface area contributed by atoms with E-state index in [-0.39, 0.29) is 23.0 Å². The van der Waals surface area contributed by atoms with E-state index >= 15 is 0 Å². The minimum atomic E-state index is -0.499. The van der Waals surface area contributed by atoms with Crippen LogP contribution in [0.1, 0.15) is 6.85 Å². The molecular formula is C53H32N4O. The van der Waals surface area contributed by atoms with E-state index in [4.69, 9.17) is 26.2 Å². The lowest BCUT2D eigenvalue weighted by molar-refractivity contribution is 0.669. The third kappa shape index (κ3) is 5.00. The van der Waals surface area contributed by atoms with Gasteiger partial charge in [-0.15, -0.1) is 0 Å². The van der Waals surface area contributed by atoms with Crippen molar-refractivity contribution in [1.82, 2.24) is 19.5 Å². The molecule has 3 aromatic heterocycles. The number of furan rings is 1. The van der Waals surface area contributed by atoms with E-state index in [0.717, 1.165) is 70.9 Å². The maximum atomic E-state index is 9.06. The lowest BCUT2D eigenvalue weighted by Gasteiger charge is -2.14. The number of aromatic nitrogens is 4. The molecule has 5 nitrogen and oxygen atoms in total. The number of hydrogen-bond acceptors (Lipinski definition) is 4. The number of benzene rings is 9. The molecule has 0 aliphatic carbocycles. The quantitative estimate of drug-likeness (QED) is 0.165. The second-order valence-corrected chi connectivity index (χ2v) is 14.4. The van der Waals surface area contributed by atoms with Crippen molar-refractivity contribution in [2.75, 3.05) is 0 Å². The maximum absolute atomic E-state index is 9.06.